The van der Waals surface area contributed by atoms with E-state index < -0.39 is 5.82 Å². The van der Waals surface area contributed by atoms with E-state index in [1.54, 1.807) is 18.3 Å². The minimum atomic E-state index is -0.471. The molecule has 1 saturated heterocycles. The highest BCUT2D eigenvalue weighted by Gasteiger charge is 2.29. The van der Waals surface area contributed by atoms with Crippen molar-refractivity contribution in [2.24, 2.45) is 0 Å². The number of halogens is 1. The SMILES string of the molecule is [C-]#[N+]c1c(F)ccc2c1CCOC2CN1CCN(C(=O)Cc2ccc(-n3cnnn3)nc2)CC1. The Morgan fingerprint density at radius 2 is 2.06 bits per heavy atom. The molecule has 0 radical (unpaired) electrons. The lowest BCUT2D eigenvalue weighted by atomic mass is 9.95. The van der Waals surface area contributed by atoms with Gasteiger partial charge in [-0.3, -0.25) is 9.69 Å². The number of amides is 1. The Bertz CT molecular complexity index is 1200. The van der Waals surface area contributed by atoms with Gasteiger partial charge in [-0.15, -0.1) is 5.10 Å². The molecule has 0 bridgehead atoms. The van der Waals surface area contributed by atoms with Crippen LogP contribution in [-0.4, -0.2) is 80.2 Å². The van der Waals surface area contributed by atoms with Gasteiger partial charge in [0.15, 0.2) is 5.82 Å². The molecule has 5 rings (SSSR count). The third-order valence-electron chi connectivity index (χ3n) is 6.30. The van der Waals surface area contributed by atoms with E-state index in [0.29, 0.717) is 38.5 Å². The molecule has 174 valence electrons. The van der Waals surface area contributed by atoms with Crippen LogP contribution < -0.4 is 0 Å². The molecule has 3 aromatic rings. The van der Waals surface area contributed by atoms with E-state index in [1.807, 2.05) is 11.0 Å². The van der Waals surface area contributed by atoms with E-state index in [9.17, 15) is 9.18 Å². The van der Waals surface area contributed by atoms with Gasteiger partial charge in [0.25, 0.3) is 0 Å². The molecule has 11 heteroatoms. The molecule has 10 nitrogen and oxygen atoms in total. The average Bonchev–Trinajstić information content (AvgIpc) is 3.40. The van der Waals surface area contributed by atoms with Crippen molar-refractivity contribution in [3.05, 3.63) is 70.7 Å². The molecule has 1 aromatic carbocycles. The summed E-state index contributed by atoms with van der Waals surface area (Å²) in [5.74, 6) is 0.183. The largest absolute Gasteiger partial charge is 0.372 e. The smallest absolute Gasteiger partial charge is 0.227 e. The molecular formula is C23H23FN8O2. The Morgan fingerprint density at radius 3 is 2.76 bits per heavy atom. The second-order valence-corrected chi connectivity index (χ2v) is 8.32. The van der Waals surface area contributed by atoms with Crippen LogP contribution in [-0.2, 0) is 22.4 Å². The highest BCUT2D eigenvalue weighted by molar-refractivity contribution is 5.78. The maximum Gasteiger partial charge on any atom is 0.227 e. The number of carbonyl (C=O) groups excluding carboxylic acids is 1. The Balaban J connectivity index is 1.15. The quantitative estimate of drug-likeness (QED) is 0.533. The van der Waals surface area contributed by atoms with E-state index in [0.717, 1.165) is 29.8 Å². The number of benzene rings is 1. The molecule has 2 aromatic heterocycles. The zero-order valence-corrected chi connectivity index (χ0v) is 18.5. The number of nitrogens with zero attached hydrogens (tertiary/aromatic N) is 8. The Hall–Kier alpha value is -3.75. The molecule has 2 aliphatic heterocycles. The van der Waals surface area contributed by atoms with Crippen LogP contribution in [0.1, 0.15) is 22.8 Å². The van der Waals surface area contributed by atoms with Gasteiger partial charge in [-0.1, -0.05) is 12.1 Å². The molecule has 0 N–H and O–H groups in total. The van der Waals surface area contributed by atoms with Gasteiger partial charge in [-0.25, -0.2) is 14.2 Å². The van der Waals surface area contributed by atoms with Crippen molar-refractivity contribution >= 4 is 11.6 Å². The first-order valence-corrected chi connectivity index (χ1v) is 11.1. The molecule has 1 fully saturated rings. The van der Waals surface area contributed by atoms with Crippen molar-refractivity contribution in [1.29, 1.82) is 0 Å². The summed E-state index contributed by atoms with van der Waals surface area (Å²) in [4.78, 5) is 24.6. The summed E-state index contributed by atoms with van der Waals surface area (Å²) in [7, 11) is 0. The summed E-state index contributed by atoms with van der Waals surface area (Å²) in [5, 5.41) is 11.0. The first-order chi connectivity index (χ1) is 16.6. The number of pyridine rings is 1. The van der Waals surface area contributed by atoms with Crippen LogP contribution in [0.5, 0.6) is 0 Å². The zero-order chi connectivity index (χ0) is 23.5. The van der Waals surface area contributed by atoms with Crippen LogP contribution in [0.25, 0.3) is 10.7 Å². The maximum absolute atomic E-state index is 14.0. The van der Waals surface area contributed by atoms with Crippen LogP contribution >= 0.6 is 0 Å². The van der Waals surface area contributed by atoms with Crippen molar-refractivity contribution in [1.82, 2.24) is 35.0 Å². The summed E-state index contributed by atoms with van der Waals surface area (Å²) in [5.41, 5.74) is 2.61. The van der Waals surface area contributed by atoms with E-state index in [4.69, 9.17) is 11.3 Å². The molecule has 2 aliphatic rings. The van der Waals surface area contributed by atoms with Crippen LogP contribution in [0.4, 0.5) is 10.1 Å². The molecule has 1 amide bonds. The summed E-state index contributed by atoms with van der Waals surface area (Å²) >= 11 is 0. The summed E-state index contributed by atoms with van der Waals surface area (Å²) < 4.78 is 21.4. The fourth-order valence-electron chi connectivity index (χ4n) is 4.48. The number of carbonyl (C=O) groups is 1. The van der Waals surface area contributed by atoms with Crippen molar-refractivity contribution in [3.63, 3.8) is 0 Å². The number of rotatable bonds is 5. The standard InChI is InChI=1S/C23H23FN8O2/c1-25-23-18-6-11-34-20(17(18)3-4-19(23)24)14-30-7-9-31(10-8-30)22(33)12-16-2-5-21(26-13-16)32-15-27-28-29-32/h2-5,13,15,20H,6-12,14H2. The number of aromatic nitrogens is 5. The zero-order valence-electron chi connectivity index (χ0n) is 18.5. The third-order valence-corrected chi connectivity index (χ3v) is 6.30. The van der Waals surface area contributed by atoms with Gasteiger partial charge in [0, 0.05) is 38.9 Å². The number of hydrogen-bond donors (Lipinski definition) is 0. The molecule has 34 heavy (non-hydrogen) atoms. The third kappa shape index (κ3) is 4.50. The minimum absolute atomic E-state index is 0.0630. The number of piperazine rings is 1. The van der Waals surface area contributed by atoms with Gasteiger partial charge in [0.1, 0.15) is 12.1 Å². The minimum Gasteiger partial charge on any atom is -0.372 e. The second-order valence-electron chi connectivity index (χ2n) is 8.32. The van der Waals surface area contributed by atoms with E-state index >= 15 is 0 Å². The van der Waals surface area contributed by atoms with Gasteiger partial charge < -0.3 is 9.64 Å². The van der Waals surface area contributed by atoms with Crippen molar-refractivity contribution < 1.29 is 13.9 Å². The fourth-order valence-corrected chi connectivity index (χ4v) is 4.48. The Kier molecular flexibility index (Phi) is 6.24. The van der Waals surface area contributed by atoms with E-state index in [-0.39, 0.29) is 24.1 Å². The number of tetrazole rings is 1. The lowest BCUT2D eigenvalue weighted by molar-refractivity contribution is -0.132. The van der Waals surface area contributed by atoms with Gasteiger partial charge in [0.2, 0.25) is 11.6 Å². The second kappa shape index (κ2) is 9.62. The molecule has 0 spiro atoms. The van der Waals surface area contributed by atoms with Gasteiger partial charge in [-0.2, -0.15) is 4.68 Å². The summed E-state index contributed by atoms with van der Waals surface area (Å²) in [6, 6.07) is 6.73. The Morgan fingerprint density at radius 1 is 1.21 bits per heavy atom. The molecule has 1 unspecified atom stereocenters. The summed E-state index contributed by atoms with van der Waals surface area (Å²) in [6.07, 6.45) is 3.77. The van der Waals surface area contributed by atoms with Crippen molar-refractivity contribution in [2.45, 2.75) is 18.9 Å². The lowest BCUT2D eigenvalue weighted by Gasteiger charge is -2.38. The lowest BCUT2D eigenvalue weighted by Crippen LogP contribution is -2.50. The normalized spacial score (nSPS) is 18.4. The maximum atomic E-state index is 14.0. The first-order valence-electron chi connectivity index (χ1n) is 11.1. The number of hydrogen-bond acceptors (Lipinski definition) is 7. The predicted molar refractivity (Wildman–Crippen MR) is 119 cm³/mol. The van der Waals surface area contributed by atoms with E-state index in [2.05, 4.69) is 30.3 Å². The van der Waals surface area contributed by atoms with Crippen LogP contribution in [0.3, 0.4) is 0 Å². The number of fused-ring (bicyclic) bond motifs is 1. The first kappa shape index (κ1) is 22.1. The molecule has 0 saturated carbocycles. The molecule has 4 heterocycles. The monoisotopic (exact) mass is 462 g/mol. The van der Waals surface area contributed by atoms with Gasteiger partial charge in [-0.05, 0) is 45.7 Å². The number of ether oxygens (including phenoxy) is 1. The van der Waals surface area contributed by atoms with E-state index in [1.165, 1.54) is 17.1 Å². The topological polar surface area (TPSA) is 93.6 Å². The molecule has 0 aliphatic carbocycles. The highest BCUT2D eigenvalue weighted by atomic mass is 19.1. The van der Waals surface area contributed by atoms with Crippen LogP contribution in [0.2, 0.25) is 0 Å². The fraction of sp³-hybridized carbons (Fsp3) is 0.391. The van der Waals surface area contributed by atoms with Crippen molar-refractivity contribution in [3.8, 4) is 5.82 Å². The van der Waals surface area contributed by atoms with Gasteiger partial charge in [0.05, 0.1) is 25.7 Å². The molecule has 1 atom stereocenters. The van der Waals surface area contributed by atoms with Gasteiger partial charge >= 0.3 is 0 Å². The van der Waals surface area contributed by atoms with Crippen molar-refractivity contribution in [2.75, 3.05) is 39.3 Å². The van der Waals surface area contributed by atoms with Crippen LogP contribution in [0.15, 0.2) is 36.8 Å². The molecular weight excluding hydrogens is 439 g/mol. The highest BCUT2D eigenvalue weighted by Crippen LogP contribution is 2.36. The predicted octanol–water partition coefficient (Wildman–Crippen LogP) is 1.75. The summed E-state index contributed by atoms with van der Waals surface area (Å²) in [6.45, 7) is 11.2. The Labute approximate surface area is 195 Å². The average molecular weight is 462 g/mol. The van der Waals surface area contributed by atoms with Crippen LogP contribution in [0, 0.1) is 12.4 Å².